The molecule has 2 heterocycles. The SMILES string of the molecule is COc1ccc(C)cc1-c1csc(NC(=O)CCn2c(C)csc2=O)n1. The summed E-state index contributed by atoms with van der Waals surface area (Å²) in [6, 6.07) is 5.89. The maximum absolute atomic E-state index is 12.2. The van der Waals surface area contributed by atoms with Crippen molar-refractivity contribution in [2.45, 2.75) is 26.8 Å². The van der Waals surface area contributed by atoms with E-state index in [1.165, 1.54) is 11.3 Å². The zero-order chi connectivity index (χ0) is 18.7. The molecular weight excluding hydrogens is 370 g/mol. The van der Waals surface area contributed by atoms with E-state index in [-0.39, 0.29) is 17.2 Å². The molecule has 0 saturated heterocycles. The van der Waals surface area contributed by atoms with Crippen molar-refractivity contribution in [1.82, 2.24) is 9.55 Å². The van der Waals surface area contributed by atoms with Crippen molar-refractivity contribution in [1.29, 1.82) is 0 Å². The molecule has 136 valence electrons. The fourth-order valence-electron chi connectivity index (χ4n) is 2.55. The lowest BCUT2D eigenvalue weighted by Gasteiger charge is -2.07. The van der Waals surface area contributed by atoms with Crippen LogP contribution in [-0.2, 0) is 11.3 Å². The number of nitrogens with one attached hydrogen (secondary N) is 1. The number of hydrogen-bond acceptors (Lipinski definition) is 6. The molecule has 0 unspecified atom stereocenters. The van der Waals surface area contributed by atoms with E-state index < -0.39 is 0 Å². The molecule has 3 rings (SSSR count). The van der Waals surface area contributed by atoms with Gasteiger partial charge in [0.2, 0.25) is 5.91 Å². The molecule has 0 radical (unpaired) electrons. The first kappa shape index (κ1) is 18.3. The van der Waals surface area contributed by atoms with Crippen molar-refractivity contribution in [3.63, 3.8) is 0 Å². The zero-order valence-corrected chi connectivity index (χ0v) is 16.4. The first-order valence-corrected chi connectivity index (χ1v) is 9.79. The topological polar surface area (TPSA) is 73.2 Å². The minimum atomic E-state index is -0.167. The van der Waals surface area contributed by atoms with E-state index in [1.807, 2.05) is 37.4 Å². The van der Waals surface area contributed by atoms with Crippen LogP contribution in [0.4, 0.5) is 5.13 Å². The summed E-state index contributed by atoms with van der Waals surface area (Å²) in [6.45, 7) is 4.23. The Bertz CT molecular complexity index is 988. The maximum atomic E-state index is 12.2. The normalized spacial score (nSPS) is 10.7. The summed E-state index contributed by atoms with van der Waals surface area (Å²) in [5.74, 6) is 0.575. The number of benzene rings is 1. The molecular formula is C18H19N3O3S2. The van der Waals surface area contributed by atoms with Crippen LogP contribution in [0.1, 0.15) is 17.7 Å². The lowest BCUT2D eigenvalue weighted by Crippen LogP contribution is -2.20. The van der Waals surface area contributed by atoms with Gasteiger partial charge in [0.25, 0.3) is 0 Å². The number of aromatic nitrogens is 2. The van der Waals surface area contributed by atoms with E-state index in [4.69, 9.17) is 4.74 Å². The van der Waals surface area contributed by atoms with Crippen molar-refractivity contribution >= 4 is 33.7 Å². The minimum absolute atomic E-state index is 0.0432. The number of methoxy groups -OCH3 is 1. The molecule has 8 heteroatoms. The van der Waals surface area contributed by atoms with Gasteiger partial charge >= 0.3 is 4.87 Å². The Morgan fingerprint density at radius 1 is 1.27 bits per heavy atom. The third kappa shape index (κ3) is 4.03. The molecule has 0 aliphatic rings. The van der Waals surface area contributed by atoms with Crippen LogP contribution in [0.2, 0.25) is 0 Å². The Morgan fingerprint density at radius 2 is 2.08 bits per heavy atom. The number of thiazole rings is 2. The predicted molar refractivity (Wildman–Crippen MR) is 105 cm³/mol. The molecule has 0 atom stereocenters. The molecule has 2 aromatic heterocycles. The lowest BCUT2D eigenvalue weighted by atomic mass is 10.1. The Hall–Kier alpha value is -2.45. The van der Waals surface area contributed by atoms with E-state index in [9.17, 15) is 9.59 Å². The molecule has 0 saturated carbocycles. The number of rotatable bonds is 6. The van der Waals surface area contributed by atoms with Gasteiger partial charge in [0, 0.05) is 35.0 Å². The van der Waals surface area contributed by atoms with E-state index in [0.29, 0.717) is 11.7 Å². The molecule has 3 aromatic rings. The zero-order valence-electron chi connectivity index (χ0n) is 14.7. The van der Waals surface area contributed by atoms with Gasteiger partial charge < -0.3 is 14.6 Å². The summed E-state index contributed by atoms with van der Waals surface area (Å²) < 4.78 is 7.00. The van der Waals surface area contributed by atoms with Gasteiger partial charge in [-0.25, -0.2) is 4.98 Å². The van der Waals surface area contributed by atoms with E-state index in [1.54, 1.807) is 17.1 Å². The standard InChI is InChI=1S/C18H19N3O3S2/c1-11-4-5-15(24-3)13(8-11)14-10-25-17(19-14)20-16(22)6-7-21-12(2)9-26-18(21)23/h4-5,8-10H,6-7H2,1-3H3,(H,19,20,22). The number of ether oxygens (including phenoxy) is 1. The summed E-state index contributed by atoms with van der Waals surface area (Å²) >= 11 is 2.51. The van der Waals surface area contributed by atoms with Gasteiger partial charge in [-0.05, 0) is 26.0 Å². The molecule has 0 fully saturated rings. The second-order valence-electron chi connectivity index (χ2n) is 5.83. The predicted octanol–water partition coefficient (Wildman–Crippen LogP) is 3.69. The van der Waals surface area contributed by atoms with Crippen LogP contribution in [-0.4, -0.2) is 22.6 Å². The molecule has 26 heavy (non-hydrogen) atoms. The van der Waals surface area contributed by atoms with Gasteiger partial charge in [0.15, 0.2) is 5.13 Å². The molecule has 0 spiro atoms. The highest BCUT2D eigenvalue weighted by molar-refractivity contribution is 7.14. The van der Waals surface area contributed by atoms with Crippen molar-refractivity contribution < 1.29 is 9.53 Å². The molecule has 0 aliphatic heterocycles. The van der Waals surface area contributed by atoms with Gasteiger partial charge in [-0.1, -0.05) is 23.0 Å². The monoisotopic (exact) mass is 389 g/mol. The summed E-state index contributed by atoms with van der Waals surface area (Å²) in [7, 11) is 1.62. The average molecular weight is 390 g/mol. The van der Waals surface area contributed by atoms with Crippen LogP contribution >= 0.6 is 22.7 Å². The summed E-state index contributed by atoms with van der Waals surface area (Å²) in [6.07, 6.45) is 0.222. The van der Waals surface area contributed by atoms with Crippen LogP contribution in [0.25, 0.3) is 11.3 Å². The second kappa shape index (κ2) is 7.84. The number of amides is 1. The Balaban J connectivity index is 1.68. The molecule has 0 bridgehead atoms. The molecule has 0 aliphatic carbocycles. The average Bonchev–Trinajstić information content (AvgIpc) is 3.20. The number of hydrogen-bond donors (Lipinski definition) is 1. The fraction of sp³-hybridized carbons (Fsp3) is 0.278. The van der Waals surface area contributed by atoms with Crippen molar-refractivity contribution in [3.05, 3.63) is 49.9 Å². The Labute approximate surface area is 159 Å². The van der Waals surface area contributed by atoms with Crippen LogP contribution in [0.15, 0.2) is 33.8 Å². The van der Waals surface area contributed by atoms with E-state index in [2.05, 4.69) is 10.3 Å². The van der Waals surface area contributed by atoms with Gasteiger partial charge in [-0.15, -0.1) is 11.3 Å². The minimum Gasteiger partial charge on any atom is -0.496 e. The summed E-state index contributed by atoms with van der Waals surface area (Å²) in [4.78, 5) is 28.3. The highest BCUT2D eigenvalue weighted by Gasteiger charge is 2.13. The van der Waals surface area contributed by atoms with Gasteiger partial charge in [0.1, 0.15) is 5.75 Å². The smallest absolute Gasteiger partial charge is 0.307 e. The van der Waals surface area contributed by atoms with Gasteiger partial charge in [-0.2, -0.15) is 0 Å². The first-order valence-electron chi connectivity index (χ1n) is 8.03. The molecule has 1 aromatic carbocycles. The van der Waals surface area contributed by atoms with Crippen molar-refractivity contribution in [2.75, 3.05) is 12.4 Å². The van der Waals surface area contributed by atoms with Crippen LogP contribution in [0, 0.1) is 13.8 Å². The lowest BCUT2D eigenvalue weighted by molar-refractivity contribution is -0.116. The highest BCUT2D eigenvalue weighted by atomic mass is 32.1. The first-order chi connectivity index (χ1) is 12.5. The Morgan fingerprint density at radius 3 is 2.77 bits per heavy atom. The van der Waals surface area contributed by atoms with Crippen LogP contribution < -0.4 is 14.9 Å². The van der Waals surface area contributed by atoms with Crippen LogP contribution in [0.3, 0.4) is 0 Å². The van der Waals surface area contributed by atoms with Crippen LogP contribution in [0.5, 0.6) is 5.75 Å². The Kier molecular flexibility index (Phi) is 5.53. The fourth-order valence-corrected chi connectivity index (χ4v) is 4.03. The number of carbonyl (C=O) groups excluding carboxylic acids is 1. The molecule has 6 nitrogen and oxygen atoms in total. The molecule has 1 amide bonds. The highest BCUT2D eigenvalue weighted by Crippen LogP contribution is 2.32. The van der Waals surface area contributed by atoms with Crippen molar-refractivity contribution in [2.24, 2.45) is 0 Å². The number of aryl methyl sites for hydroxylation is 2. The summed E-state index contributed by atoms with van der Waals surface area (Å²) in [5, 5.41) is 7.02. The van der Waals surface area contributed by atoms with Gasteiger partial charge in [0.05, 0.1) is 12.8 Å². The largest absolute Gasteiger partial charge is 0.496 e. The quantitative estimate of drug-likeness (QED) is 0.698. The third-order valence-corrected chi connectivity index (χ3v) is 5.56. The van der Waals surface area contributed by atoms with Gasteiger partial charge in [-0.3, -0.25) is 9.59 Å². The van der Waals surface area contributed by atoms with E-state index in [0.717, 1.165) is 39.6 Å². The van der Waals surface area contributed by atoms with E-state index >= 15 is 0 Å². The number of carbonyl (C=O) groups is 1. The summed E-state index contributed by atoms with van der Waals surface area (Å²) in [5.41, 5.74) is 3.63. The number of anilines is 1. The maximum Gasteiger partial charge on any atom is 0.307 e. The number of nitrogens with zero attached hydrogens (tertiary/aromatic N) is 2. The van der Waals surface area contributed by atoms with Crippen molar-refractivity contribution in [3.8, 4) is 17.0 Å². The third-order valence-electron chi connectivity index (χ3n) is 3.92. The second-order valence-corrected chi connectivity index (χ2v) is 7.51. The molecule has 1 N–H and O–H groups in total.